The van der Waals surface area contributed by atoms with E-state index in [-0.39, 0.29) is 12.5 Å². The van der Waals surface area contributed by atoms with Gasteiger partial charge in [-0.3, -0.25) is 9.20 Å². The van der Waals surface area contributed by atoms with E-state index in [1.54, 1.807) is 6.92 Å². The van der Waals surface area contributed by atoms with Crippen LogP contribution in [0.25, 0.3) is 27.7 Å². The molecule has 7 nitrogen and oxygen atoms in total. The summed E-state index contributed by atoms with van der Waals surface area (Å²) >= 11 is 2.64. The molecule has 0 aliphatic carbocycles. The largest absolute Gasteiger partial charge is 0.462 e. The highest BCUT2D eigenvalue weighted by Crippen LogP contribution is 2.37. The van der Waals surface area contributed by atoms with E-state index in [1.807, 2.05) is 59.2 Å². The molecule has 0 fully saturated rings. The zero-order valence-corrected chi connectivity index (χ0v) is 22.6. The summed E-state index contributed by atoms with van der Waals surface area (Å²) in [6.07, 6.45) is 0. The van der Waals surface area contributed by atoms with Gasteiger partial charge < -0.3 is 10.1 Å². The van der Waals surface area contributed by atoms with Crippen LogP contribution >= 0.6 is 23.1 Å². The van der Waals surface area contributed by atoms with Crippen molar-refractivity contribution >= 4 is 56.5 Å². The van der Waals surface area contributed by atoms with Gasteiger partial charge in [0.15, 0.2) is 10.8 Å². The summed E-state index contributed by atoms with van der Waals surface area (Å²) in [5, 5.41) is 15.3. The fourth-order valence-electron chi connectivity index (χ4n) is 4.32. The Kier molecular flexibility index (Phi) is 6.99. The summed E-state index contributed by atoms with van der Waals surface area (Å²) < 4.78 is 7.32. The van der Waals surface area contributed by atoms with Crippen LogP contribution in [0.2, 0.25) is 0 Å². The number of nitrogens with one attached hydrogen (secondary N) is 1. The Morgan fingerprint density at radius 1 is 1.08 bits per heavy atom. The molecule has 2 aromatic carbocycles. The van der Waals surface area contributed by atoms with Crippen molar-refractivity contribution < 1.29 is 14.3 Å². The fraction of sp³-hybridized carbons (Fsp3) is 0.214. The highest BCUT2D eigenvalue weighted by Gasteiger charge is 2.26. The van der Waals surface area contributed by atoms with Crippen molar-refractivity contribution in [2.75, 3.05) is 11.9 Å². The third-order valence-corrected chi connectivity index (χ3v) is 8.07. The van der Waals surface area contributed by atoms with E-state index in [1.165, 1.54) is 23.1 Å². The molecule has 37 heavy (non-hydrogen) atoms. The van der Waals surface area contributed by atoms with Crippen LogP contribution in [0.15, 0.2) is 65.1 Å². The Balaban J connectivity index is 1.45. The number of carbonyl (C=O) groups is 2. The molecule has 0 aliphatic heterocycles. The number of aryl methyl sites for hydroxylation is 2. The van der Waals surface area contributed by atoms with Crippen molar-refractivity contribution in [3.8, 4) is 11.1 Å². The average Bonchev–Trinajstić information content (AvgIpc) is 3.49. The maximum absolute atomic E-state index is 13.3. The fourth-order valence-corrected chi connectivity index (χ4v) is 6.14. The first kappa shape index (κ1) is 25.0. The van der Waals surface area contributed by atoms with Crippen LogP contribution in [0.5, 0.6) is 0 Å². The van der Waals surface area contributed by atoms with E-state index in [0.29, 0.717) is 15.7 Å². The number of anilines is 1. The van der Waals surface area contributed by atoms with Crippen molar-refractivity contribution in [3.63, 3.8) is 0 Å². The monoisotopic (exact) mass is 530 g/mol. The minimum Gasteiger partial charge on any atom is -0.462 e. The van der Waals surface area contributed by atoms with Crippen LogP contribution in [-0.4, -0.2) is 38.3 Å². The second-order valence-electron chi connectivity index (χ2n) is 8.66. The van der Waals surface area contributed by atoms with Crippen LogP contribution in [0.3, 0.4) is 0 Å². The summed E-state index contributed by atoms with van der Waals surface area (Å²) in [6.45, 7) is 7.95. The van der Waals surface area contributed by atoms with Crippen LogP contribution in [0, 0.1) is 13.8 Å². The van der Waals surface area contributed by atoms with E-state index in [0.717, 1.165) is 38.8 Å². The minimum absolute atomic E-state index is 0.234. The molecule has 1 unspecified atom stereocenters. The number of rotatable bonds is 7. The molecule has 188 valence electrons. The van der Waals surface area contributed by atoms with Crippen molar-refractivity contribution in [1.29, 1.82) is 0 Å². The van der Waals surface area contributed by atoms with Crippen LogP contribution in [0.1, 0.15) is 35.3 Å². The molecule has 1 amide bonds. The maximum atomic E-state index is 13.3. The van der Waals surface area contributed by atoms with Gasteiger partial charge in [0.05, 0.1) is 17.4 Å². The van der Waals surface area contributed by atoms with Gasteiger partial charge in [0.2, 0.25) is 5.91 Å². The summed E-state index contributed by atoms with van der Waals surface area (Å²) in [5.41, 5.74) is 6.00. The third-order valence-electron chi connectivity index (χ3n) is 6.13. The number of esters is 1. The van der Waals surface area contributed by atoms with Gasteiger partial charge in [-0.2, -0.15) is 0 Å². The molecular formula is C28H26N4O3S2. The van der Waals surface area contributed by atoms with E-state index in [2.05, 4.69) is 41.5 Å². The van der Waals surface area contributed by atoms with E-state index in [4.69, 9.17) is 4.74 Å². The Morgan fingerprint density at radius 3 is 2.62 bits per heavy atom. The predicted octanol–water partition coefficient (Wildman–Crippen LogP) is 6.52. The lowest BCUT2D eigenvalue weighted by Gasteiger charge is -2.13. The first-order valence-electron chi connectivity index (χ1n) is 11.9. The van der Waals surface area contributed by atoms with Gasteiger partial charge in [0.25, 0.3) is 0 Å². The number of ether oxygens (including phenoxy) is 1. The van der Waals surface area contributed by atoms with Gasteiger partial charge in [-0.15, -0.1) is 21.5 Å². The number of hydrogen-bond donors (Lipinski definition) is 1. The molecule has 0 radical (unpaired) electrons. The third kappa shape index (κ3) is 4.72. The molecule has 5 rings (SSSR count). The predicted molar refractivity (Wildman–Crippen MR) is 150 cm³/mol. The van der Waals surface area contributed by atoms with E-state index >= 15 is 0 Å². The molecule has 0 bridgehead atoms. The van der Waals surface area contributed by atoms with Crippen LogP contribution < -0.4 is 5.32 Å². The zero-order valence-electron chi connectivity index (χ0n) is 20.9. The summed E-state index contributed by atoms with van der Waals surface area (Å²) in [7, 11) is 0. The topological polar surface area (TPSA) is 85.6 Å². The number of nitrogens with zero attached hydrogens (tertiary/aromatic N) is 3. The van der Waals surface area contributed by atoms with Gasteiger partial charge in [-0.1, -0.05) is 60.3 Å². The van der Waals surface area contributed by atoms with Crippen LogP contribution in [-0.2, 0) is 9.53 Å². The number of thioether (sulfide) groups is 1. The van der Waals surface area contributed by atoms with Gasteiger partial charge >= 0.3 is 5.97 Å². The standard InChI is InChI=1S/C28H26N4O3S2/c1-5-35-27(34)23-21(19-11-7-6-8-12-19)15-36-26(23)29-25(33)18(4)37-28-31-30-22-14-17(3)20-13-9-10-16(2)24(20)32(22)28/h6-15,18H,5H2,1-4H3,(H,29,33). The molecule has 3 aromatic heterocycles. The molecule has 0 saturated heterocycles. The Morgan fingerprint density at radius 2 is 1.86 bits per heavy atom. The highest BCUT2D eigenvalue weighted by atomic mass is 32.2. The first-order valence-corrected chi connectivity index (χ1v) is 13.7. The Bertz CT molecular complexity index is 1630. The number of amides is 1. The van der Waals surface area contributed by atoms with Crippen molar-refractivity contribution in [2.45, 2.75) is 38.1 Å². The second kappa shape index (κ2) is 10.4. The Hall–Kier alpha value is -3.69. The lowest BCUT2D eigenvalue weighted by atomic mass is 10.0. The van der Waals surface area contributed by atoms with Gasteiger partial charge in [-0.25, -0.2) is 4.79 Å². The summed E-state index contributed by atoms with van der Waals surface area (Å²) in [4.78, 5) is 26.2. The first-order chi connectivity index (χ1) is 17.9. The number of thiophene rings is 1. The number of benzene rings is 2. The second-order valence-corrected chi connectivity index (χ2v) is 10.9. The minimum atomic E-state index is -0.495. The number of aromatic nitrogens is 3. The SMILES string of the molecule is CCOC(=O)c1c(-c2ccccc2)csc1NC(=O)C(C)Sc1nnc2cc(C)c3cccc(C)c3n12. The van der Waals surface area contributed by atoms with E-state index < -0.39 is 11.2 Å². The quantitative estimate of drug-likeness (QED) is 0.190. The number of para-hydroxylation sites is 1. The molecule has 0 spiro atoms. The van der Waals surface area contributed by atoms with Crippen molar-refractivity contribution in [2.24, 2.45) is 0 Å². The normalized spacial score (nSPS) is 12.1. The van der Waals surface area contributed by atoms with Gasteiger partial charge in [-0.05, 0) is 50.5 Å². The van der Waals surface area contributed by atoms with Crippen molar-refractivity contribution in [1.82, 2.24) is 14.6 Å². The molecule has 1 atom stereocenters. The summed E-state index contributed by atoms with van der Waals surface area (Å²) in [6, 6.07) is 17.8. The van der Waals surface area contributed by atoms with Gasteiger partial charge in [0, 0.05) is 16.3 Å². The molecule has 0 aliphatic rings. The highest BCUT2D eigenvalue weighted by molar-refractivity contribution is 8.00. The molecule has 3 heterocycles. The number of hydrogen-bond acceptors (Lipinski definition) is 7. The molecule has 1 N–H and O–H groups in total. The van der Waals surface area contributed by atoms with Crippen molar-refractivity contribution in [3.05, 3.63) is 76.7 Å². The molecule has 0 saturated carbocycles. The Labute approximate surface area is 222 Å². The molecule has 5 aromatic rings. The molecular weight excluding hydrogens is 504 g/mol. The van der Waals surface area contributed by atoms with Gasteiger partial charge in [0.1, 0.15) is 10.6 Å². The lowest BCUT2D eigenvalue weighted by Crippen LogP contribution is -2.23. The number of carbonyl (C=O) groups excluding carboxylic acids is 2. The smallest absolute Gasteiger partial charge is 0.341 e. The average molecular weight is 531 g/mol. The lowest BCUT2D eigenvalue weighted by molar-refractivity contribution is -0.115. The number of fused-ring (bicyclic) bond motifs is 3. The zero-order chi connectivity index (χ0) is 26.1. The van der Waals surface area contributed by atoms with Crippen LogP contribution in [0.4, 0.5) is 5.00 Å². The maximum Gasteiger partial charge on any atom is 0.341 e. The molecule has 9 heteroatoms. The van der Waals surface area contributed by atoms with E-state index in [9.17, 15) is 9.59 Å². The summed E-state index contributed by atoms with van der Waals surface area (Å²) in [5.74, 6) is -0.694. The number of pyridine rings is 1.